The molecule has 0 fully saturated rings. The van der Waals surface area contributed by atoms with E-state index < -0.39 is 0 Å². The Morgan fingerprint density at radius 1 is 0.571 bits per heavy atom. The van der Waals surface area contributed by atoms with Crippen molar-refractivity contribution in [3.05, 3.63) is 71.8 Å². The monoisotopic (exact) mass is 266 g/mol. The molecule has 0 saturated carbocycles. The first kappa shape index (κ1) is 11.2. The van der Waals surface area contributed by atoms with Crippen LogP contribution in [0.2, 0.25) is 0 Å². The molecule has 0 saturated heterocycles. The first-order valence-corrected chi connectivity index (χ1v) is 4.53. The number of benzene rings is 2. The fraction of sp³-hybridized carbons (Fsp3) is 0.0769. The SMILES string of the molecule is [Mo].c1ccc(Cc2ccccc2)cc1. The number of hydrogen-bond donors (Lipinski definition) is 0. The Hall–Kier alpha value is -0.872. The fourth-order valence-electron chi connectivity index (χ4n) is 1.43. The molecule has 0 atom stereocenters. The van der Waals surface area contributed by atoms with Crippen LogP contribution in [0, 0.1) is 0 Å². The van der Waals surface area contributed by atoms with Gasteiger partial charge < -0.3 is 0 Å². The Balaban J connectivity index is 0.000000980. The predicted molar refractivity (Wildman–Crippen MR) is 55.7 cm³/mol. The van der Waals surface area contributed by atoms with Crippen molar-refractivity contribution in [2.45, 2.75) is 6.42 Å². The second-order valence-electron chi connectivity index (χ2n) is 3.15. The number of rotatable bonds is 2. The summed E-state index contributed by atoms with van der Waals surface area (Å²) in [5, 5.41) is 0. The van der Waals surface area contributed by atoms with Gasteiger partial charge in [0.25, 0.3) is 0 Å². The molecule has 0 aliphatic rings. The standard InChI is InChI=1S/C13H12.Mo/c1-3-7-12(8-4-1)11-13-9-5-2-6-10-13;/h1-10H,11H2;. The molecule has 0 radical (unpaired) electrons. The third-order valence-electron chi connectivity index (χ3n) is 2.09. The molecule has 0 aromatic heterocycles. The maximum atomic E-state index is 2.16. The largest absolute Gasteiger partial charge is 0.0622 e. The Kier molecular flexibility index (Phi) is 4.62. The molecule has 2 aromatic rings. The molecule has 0 N–H and O–H groups in total. The van der Waals surface area contributed by atoms with E-state index in [4.69, 9.17) is 0 Å². The zero-order valence-corrected chi connectivity index (χ0v) is 9.90. The minimum absolute atomic E-state index is 0. The van der Waals surface area contributed by atoms with E-state index in [1.807, 2.05) is 0 Å². The van der Waals surface area contributed by atoms with Crippen molar-refractivity contribution in [2.24, 2.45) is 0 Å². The molecule has 0 aliphatic carbocycles. The molecule has 0 aliphatic heterocycles. The van der Waals surface area contributed by atoms with Gasteiger partial charge in [-0.25, -0.2) is 0 Å². The van der Waals surface area contributed by atoms with Gasteiger partial charge in [0.15, 0.2) is 0 Å². The molecular formula is C13H12Mo. The molecule has 70 valence electrons. The van der Waals surface area contributed by atoms with Gasteiger partial charge in [0, 0.05) is 21.1 Å². The summed E-state index contributed by atoms with van der Waals surface area (Å²) >= 11 is 0. The first-order valence-electron chi connectivity index (χ1n) is 4.53. The van der Waals surface area contributed by atoms with Crippen LogP contribution in [0.1, 0.15) is 11.1 Å². The van der Waals surface area contributed by atoms with Gasteiger partial charge in [0.05, 0.1) is 0 Å². The molecule has 0 amide bonds. The van der Waals surface area contributed by atoms with Gasteiger partial charge in [-0.05, 0) is 17.5 Å². The molecule has 0 heterocycles. The van der Waals surface area contributed by atoms with E-state index in [1.165, 1.54) is 11.1 Å². The van der Waals surface area contributed by atoms with E-state index in [0.29, 0.717) is 0 Å². The molecule has 2 aromatic carbocycles. The molecule has 0 unspecified atom stereocenters. The smallest absolute Gasteiger partial charge is 0 e. The van der Waals surface area contributed by atoms with E-state index >= 15 is 0 Å². The minimum Gasteiger partial charge on any atom is -0.0622 e. The Bertz CT molecular complexity index is 316. The van der Waals surface area contributed by atoms with Crippen molar-refractivity contribution in [3.8, 4) is 0 Å². The van der Waals surface area contributed by atoms with Crippen LogP contribution in [-0.2, 0) is 27.5 Å². The van der Waals surface area contributed by atoms with E-state index in [9.17, 15) is 0 Å². The third-order valence-corrected chi connectivity index (χ3v) is 2.09. The van der Waals surface area contributed by atoms with Gasteiger partial charge in [0.2, 0.25) is 0 Å². The Morgan fingerprint density at radius 2 is 0.929 bits per heavy atom. The van der Waals surface area contributed by atoms with Crippen LogP contribution in [0.5, 0.6) is 0 Å². The van der Waals surface area contributed by atoms with Gasteiger partial charge in [-0.2, -0.15) is 0 Å². The summed E-state index contributed by atoms with van der Waals surface area (Å²) in [5.41, 5.74) is 2.74. The average molecular weight is 264 g/mol. The molecule has 0 spiro atoms. The van der Waals surface area contributed by atoms with Crippen LogP contribution in [0.4, 0.5) is 0 Å². The summed E-state index contributed by atoms with van der Waals surface area (Å²) in [5.74, 6) is 0. The first-order chi connectivity index (χ1) is 6.45. The summed E-state index contributed by atoms with van der Waals surface area (Å²) in [6.07, 6.45) is 1.03. The van der Waals surface area contributed by atoms with Crippen LogP contribution in [0.25, 0.3) is 0 Å². The topological polar surface area (TPSA) is 0 Å². The van der Waals surface area contributed by atoms with E-state index in [-0.39, 0.29) is 21.1 Å². The predicted octanol–water partition coefficient (Wildman–Crippen LogP) is 3.27. The summed E-state index contributed by atoms with van der Waals surface area (Å²) in [6.45, 7) is 0. The summed E-state index contributed by atoms with van der Waals surface area (Å²) in [7, 11) is 0. The van der Waals surface area contributed by atoms with E-state index in [0.717, 1.165) is 6.42 Å². The van der Waals surface area contributed by atoms with Gasteiger partial charge in [0.1, 0.15) is 0 Å². The zero-order chi connectivity index (χ0) is 8.93. The van der Waals surface area contributed by atoms with Gasteiger partial charge in [-0.15, -0.1) is 0 Å². The maximum Gasteiger partial charge on any atom is 0 e. The molecule has 0 nitrogen and oxygen atoms in total. The molecule has 2 rings (SSSR count). The van der Waals surface area contributed by atoms with Crippen LogP contribution < -0.4 is 0 Å². The average Bonchev–Trinajstić information content (AvgIpc) is 2.21. The zero-order valence-electron chi connectivity index (χ0n) is 7.89. The van der Waals surface area contributed by atoms with Crippen LogP contribution in [-0.4, -0.2) is 0 Å². The van der Waals surface area contributed by atoms with Crippen LogP contribution >= 0.6 is 0 Å². The maximum absolute atomic E-state index is 2.16. The van der Waals surface area contributed by atoms with Crippen molar-refractivity contribution in [1.29, 1.82) is 0 Å². The van der Waals surface area contributed by atoms with Gasteiger partial charge in [-0.3, -0.25) is 0 Å². The minimum atomic E-state index is 0. The van der Waals surface area contributed by atoms with Crippen molar-refractivity contribution >= 4 is 0 Å². The number of hydrogen-bond acceptors (Lipinski definition) is 0. The quantitative estimate of drug-likeness (QED) is 0.730. The van der Waals surface area contributed by atoms with Gasteiger partial charge >= 0.3 is 0 Å². The molecule has 1 heteroatoms. The second-order valence-corrected chi connectivity index (χ2v) is 3.15. The Labute approximate surface area is 99.2 Å². The van der Waals surface area contributed by atoms with Gasteiger partial charge in [-0.1, -0.05) is 60.7 Å². The van der Waals surface area contributed by atoms with Crippen molar-refractivity contribution in [3.63, 3.8) is 0 Å². The summed E-state index contributed by atoms with van der Waals surface area (Å²) in [4.78, 5) is 0. The van der Waals surface area contributed by atoms with E-state index in [1.54, 1.807) is 0 Å². The van der Waals surface area contributed by atoms with E-state index in [2.05, 4.69) is 60.7 Å². The molecule has 0 bridgehead atoms. The summed E-state index contributed by atoms with van der Waals surface area (Å²) in [6, 6.07) is 21.1. The molecule has 14 heavy (non-hydrogen) atoms. The Morgan fingerprint density at radius 3 is 1.29 bits per heavy atom. The molecular weight excluding hydrogens is 252 g/mol. The van der Waals surface area contributed by atoms with Crippen LogP contribution in [0.15, 0.2) is 60.7 Å². The normalized spacial score (nSPS) is 9.14. The summed E-state index contributed by atoms with van der Waals surface area (Å²) < 4.78 is 0. The van der Waals surface area contributed by atoms with Crippen molar-refractivity contribution in [1.82, 2.24) is 0 Å². The van der Waals surface area contributed by atoms with Crippen LogP contribution in [0.3, 0.4) is 0 Å². The third kappa shape index (κ3) is 3.12. The fourth-order valence-corrected chi connectivity index (χ4v) is 1.43. The van der Waals surface area contributed by atoms with Crippen molar-refractivity contribution < 1.29 is 21.1 Å². The van der Waals surface area contributed by atoms with Crippen molar-refractivity contribution in [2.75, 3.05) is 0 Å². The second kappa shape index (κ2) is 5.77.